The van der Waals surface area contributed by atoms with Crippen molar-refractivity contribution >= 4 is 11.6 Å². The van der Waals surface area contributed by atoms with Gasteiger partial charge in [0.15, 0.2) is 0 Å². The number of hydrogen-bond acceptors (Lipinski definition) is 2. The average molecular weight is 312 g/mol. The molecule has 108 valence electrons. The number of alkyl halides is 3. The molecule has 2 aromatic carbocycles. The number of hydrogen-bond donors (Lipinski definition) is 0. The molecule has 0 unspecified atom stereocenters. The molecule has 0 spiro atoms. The van der Waals surface area contributed by atoms with Gasteiger partial charge in [0.25, 0.3) is 0 Å². The summed E-state index contributed by atoms with van der Waals surface area (Å²) < 4.78 is 40.7. The van der Waals surface area contributed by atoms with Crippen molar-refractivity contribution in [3.05, 3.63) is 53.1 Å². The van der Waals surface area contributed by atoms with E-state index in [1.807, 2.05) is 6.07 Å². The van der Waals surface area contributed by atoms with Crippen molar-refractivity contribution in [1.82, 2.24) is 0 Å². The molecule has 0 radical (unpaired) electrons. The molecule has 0 fully saturated rings. The quantitative estimate of drug-likeness (QED) is 0.801. The third kappa shape index (κ3) is 3.89. The van der Waals surface area contributed by atoms with E-state index in [1.165, 1.54) is 18.2 Å². The molecule has 0 atom stereocenters. The maximum Gasteiger partial charge on any atom is 0.573 e. The molecule has 6 heteroatoms. The number of nitrogens with zero attached hydrogens (tertiary/aromatic N) is 1. The van der Waals surface area contributed by atoms with Crippen molar-refractivity contribution in [2.24, 2.45) is 0 Å². The van der Waals surface area contributed by atoms with Crippen molar-refractivity contribution in [1.29, 1.82) is 5.26 Å². The van der Waals surface area contributed by atoms with E-state index in [4.69, 9.17) is 16.9 Å². The summed E-state index contributed by atoms with van der Waals surface area (Å²) in [6.07, 6.45) is -4.64. The van der Waals surface area contributed by atoms with Gasteiger partial charge in [-0.2, -0.15) is 5.26 Å². The van der Waals surface area contributed by atoms with Crippen molar-refractivity contribution in [2.45, 2.75) is 12.8 Å². The van der Waals surface area contributed by atoms with E-state index in [-0.39, 0.29) is 12.2 Å². The van der Waals surface area contributed by atoms with Gasteiger partial charge in [-0.15, -0.1) is 13.2 Å². The first-order valence-corrected chi connectivity index (χ1v) is 6.29. The fraction of sp³-hybridized carbons (Fsp3) is 0.133. The Kier molecular flexibility index (Phi) is 4.39. The van der Waals surface area contributed by atoms with Crippen LogP contribution in [0.4, 0.5) is 13.2 Å². The fourth-order valence-electron chi connectivity index (χ4n) is 1.97. The van der Waals surface area contributed by atoms with E-state index in [1.54, 1.807) is 24.3 Å². The van der Waals surface area contributed by atoms with Crippen LogP contribution in [0.1, 0.15) is 5.56 Å². The maximum absolute atomic E-state index is 12.3. The fourth-order valence-corrected chi connectivity index (χ4v) is 2.28. The summed E-state index contributed by atoms with van der Waals surface area (Å²) in [5, 5.41) is 9.19. The Morgan fingerprint density at radius 2 is 1.86 bits per heavy atom. The van der Waals surface area contributed by atoms with Crippen LogP contribution in [0.2, 0.25) is 5.02 Å². The largest absolute Gasteiger partial charge is 0.573 e. The second kappa shape index (κ2) is 6.06. The molecule has 0 saturated carbocycles. The van der Waals surface area contributed by atoms with Crippen molar-refractivity contribution < 1.29 is 17.9 Å². The molecule has 21 heavy (non-hydrogen) atoms. The molecule has 2 rings (SSSR count). The summed E-state index contributed by atoms with van der Waals surface area (Å²) in [6.45, 7) is 0. The predicted octanol–water partition coefficient (Wildman–Crippen LogP) is 4.97. The Labute approximate surface area is 124 Å². The molecule has 0 bridgehead atoms. The maximum atomic E-state index is 12.3. The molecule has 0 amide bonds. The minimum Gasteiger partial charge on any atom is -0.406 e. The van der Waals surface area contributed by atoms with E-state index < -0.39 is 6.36 Å². The molecule has 0 N–H and O–H groups in total. The SMILES string of the molecule is N#CCc1cccc(Cl)c1-c1cccc(OC(F)(F)F)c1. The Hall–Kier alpha value is -2.19. The highest BCUT2D eigenvalue weighted by molar-refractivity contribution is 6.33. The highest BCUT2D eigenvalue weighted by Gasteiger charge is 2.31. The third-order valence-corrected chi connectivity index (χ3v) is 3.04. The Bertz CT molecular complexity index is 692. The molecule has 0 aliphatic rings. The summed E-state index contributed by atoms with van der Waals surface area (Å²) in [5.74, 6) is -0.331. The lowest BCUT2D eigenvalue weighted by Gasteiger charge is -2.13. The molecule has 0 aromatic heterocycles. The van der Waals surface area contributed by atoms with Gasteiger partial charge in [0.2, 0.25) is 0 Å². The van der Waals surface area contributed by atoms with Gasteiger partial charge in [0.1, 0.15) is 5.75 Å². The highest BCUT2D eigenvalue weighted by atomic mass is 35.5. The monoisotopic (exact) mass is 311 g/mol. The molecular weight excluding hydrogens is 303 g/mol. The van der Waals surface area contributed by atoms with E-state index in [2.05, 4.69) is 4.74 Å². The van der Waals surface area contributed by atoms with Crippen molar-refractivity contribution in [2.75, 3.05) is 0 Å². The third-order valence-electron chi connectivity index (χ3n) is 2.73. The van der Waals surface area contributed by atoms with Gasteiger partial charge in [-0.25, -0.2) is 0 Å². The minimum atomic E-state index is -4.76. The highest BCUT2D eigenvalue weighted by Crippen LogP contribution is 2.34. The van der Waals surface area contributed by atoms with Crippen LogP contribution in [-0.2, 0) is 6.42 Å². The molecule has 0 aliphatic heterocycles. The molecule has 0 aliphatic carbocycles. The molecule has 0 heterocycles. The lowest BCUT2D eigenvalue weighted by molar-refractivity contribution is -0.274. The van der Waals surface area contributed by atoms with Crippen LogP contribution < -0.4 is 4.74 Å². The summed E-state index contributed by atoms with van der Waals surface area (Å²) >= 11 is 6.11. The number of halogens is 4. The van der Waals surface area contributed by atoms with Gasteiger partial charge in [-0.3, -0.25) is 0 Å². The second-order valence-electron chi connectivity index (χ2n) is 4.18. The standard InChI is InChI=1S/C15H9ClF3NO/c16-13-6-2-3-10(7-8-20)14(13)11-4-1-5-12(9-11)21-15(17,18)19/h1-6,9H,7H2. The van der Waals surface area contributed by atoms with E-state index >= 15 is 0 Å². The van der Waals surface area contributed by atoms with Crippen LogP contribution in [0, 0.1) is 11.3 Å². The van der Waals surface area contributed by atoms with E-state index in [9.17, 15) is 13.2 Å². The van der Waals surface area contributed by atoms with Crippen LogP contribution in [-0.4, -0.2) is 6.36 Å². The first-order valence-electron chi connectivity index (χ1n) is 5.91. The van der Waals surface area contributed by atoms with Crippen LogP contribution >= 0.6 is 11.6 Å². The van der Waals surface area contributed by atoms with Crippen LogP contribution in [0.15, 0.2) is 42.5 Å². The van der Waals surface area contributed by atoms with Gasteiger partial charge in [-0.05, 0) is 29.3 Å². The van der Waals surface area contributed by atoms with E-state index in [0.29, 0.717) is 21.7 Å². The minimum absolute atomic E-state index is 0.111. The predicted molar refractivity (Wildman–Crippen MR) is 72.9 cm³/mol. The van der Waals surface area contributed by atoms with Crippen molar-refractivity contribution in [3.63, 3.8) is 0 Å². The van der Waals surface area contributed by atoms with Crippen molar-refractivity contribution in [3.8, 4) is 22.9 Å². The van der Waals surface area contributed by atoms with Crippen LogP contribution in [0.3, 0.4) is 0 Å². The lowest BCUT2D eigenvalue weighted by Crippen LogP contribution is -2.17. The average Bonchev–Trinajstić information content (AvgIpc) is 2.37. The summed E-state index contributed by atoms with van der Waals surface area (Å²) in [6, 6.07) is 12.5. The zero-order chi connectivity index (χ0) is 15.5. The van der Waals surface area contributed by atoms with Gasteiger partial charge >= 0.3 is 6.36 Å². The molecule has 0 saturated heterocycles. The van der Waals surface area contributed by atoms with Crippen LogP contribution in [0.5, 0.6) is 5.75 Å². The van der Waals surface area contributed by atoms with Gasteiger partial charge < -0.3 is 4.74 Å². The zero-order valence-electron chi connectivity index (χ0n) is 10.6. The summed E-state index contributed by atoms with van der Waals surface area (Å²) in [4.78, 5) is 0. The van der Waals surface area contributed by atoms with E-state index in [0.717, 1.165) is 0 Å². The Morgan fingerprint density at radius 3 is 2.52 bits per heavy atom. The van der Waals surface area contributed by atoms with Gasteiger partial charge in [0, 0.05) is 10.6 Å². The van der Waals surface area contributed by atoms with Gasteiger partial charge in [-0.1, -0.05) is 35.9 Å². The normalized spacial score (nSPS) is 11.0. The smallest absolute Gasteiger partial charge is 0.406 e. The molecular formula is C15H9ClF3NO. The molecule has 2 aromatic rings. The lowest BCUT2D eigenvalue weighted by atomic mass is 9.98. The number of benzene rings is 2. The topological polar surface area (TPSA) is 33.0 Å². The molecule has 2 nitrogen and oxygen atoms in total. The number of nitriles is 1. The number of ether oxygens (including phenoxy) is 1. The summed E-state index contributed by atoms with van der Waals surface area (Å²) in [5.41, 5.74) is 1.65. The first kappa shape index (κ1) is 15.2. The summed E-state index contributed by atoms with van der Waals surface area (Å²) in [7, 11) is 0. The Morgan fingerprint density at radius 1 is 1.14 bits per heavy atom. The zero-order valence-corrected chi connectivity index (χ0v) is 11.4. The van der Waals surface area contributed by atoms with Crippen LogP contribution in [0.25, 0.3) is 11.1 Å². The number of rotatable bonds is 3. The first-order chi connectivity index (χ1) is 9.90. The van der Waals surface area contributed by atoms with Gasteiger partial charge in [0.05, 0.1) is 12.5 Å². The Balaban J connectivity index is 2.48. The second-order valence-corrected chi connectivity index (χ2v) is 4.59.